The van der Waals surface area contributed by atoms with Crippen LogP contribution in [-0.2, 0) is 9.59 Å². The second-order valence-corrected chi connectivity index (χ2v) is 1.57. The molecule has 0 aliphatic rings. The van der Waals surface area contributed by atoms with Crippen molar-refractivity contribution >= 4 is 12.2 Å². The minimum atomic E-state index is -0.322. The summed E-state index contributed by atoms with van der Waals surface area (Å²) in [5.41, 5.74) is 4.70. The summed E-state index contributed by atoms with van der Waals surface area (Å²) in [6, 6.07) is 0. The molecular weight excluding hydrogens is 132 g/mol. The van der Waals surface area contributed by atoms with Crippen LogP contribution < -0.4 is 11.1 Å². The molecule has 0 fully saturated rings. The van der Waals surface area contributed by atoms with Crippen molar-refractivity contribution < 1.29 is 9.59 Å². The zero-order valence-electron chi connectivity index (χ0n) is 6.39. The predicted molar refractivity (Wildman–Crippen MR) is 39.5 cm³/mol. The molecule has 0 rings (SSSR count). The van der Waals surface area contributed by atoms with E-state index in [2.05, 4.69) is 5.32 Å². The van der Waals surface area contributed by atoms with Gasteiger partial charge in [-0.25, -0.2) is 0 Å². The lowest BCUT2D eigenvalue weighted by Gasteiger charge is -1.85. The summed E-state index contributed by atoms with van der Waals surface area (Å²) in [4.78, 5) is 18.9. The molecule has 0 atom stereocenters. The van der Waals surface area contributed by atoms with E-state index in [-0.39, 0.29) is 12.5 Å². The van der Waals surface area contributed by atoms with Crippen LogP contribution in [0.1, 0.15) is 13.3 Å². The van der Waals surface area contributed by atoms with Crippen LogP contribution in [0.15, 0.2) is 0 Å². The number of carbonyl (C=O) groups excluding carboxylic acids is 2. The number of aldehydes is 1. The third-order valence-corrected chi connectivity index (χ3v) is 0.518. The molecule has 0 heterocycles. The lowest BCUT2D eigenvalue weighted by atomic mass is 10.6. The number of nitrogens with one attached hydrogen (secondary N) is 1. The van der Waals surface area contributed by atoms with Crippen LogP contribution in [-0.4, -0.2) is 25.8 Å². The van der Waals surface area contributed by atoms with E-state index in [1.54, 1.807) is 7.05 Å². The summed E-state index contributed by atoms with van der Waals surface area (Å²) in [5, 5.41) is 2.59. The summed E-state index contributed by atoms with van der Waals surface area (Å²) in [7, 11) is 1.67. The fourth-order valence-corrected chi connectivity index (χ4v) is 0.174. The number of nitrogens with two attached hydrogens (primary N) is 1. The highest BCUT2D eigenvalue weighted by Gasteiger charge is 1.82. The van der Waals surface area contributed by atoms with E-state index in [1.165, 1.54) is 0 Å². The van der Waals surface area contributed by atoms with Crippen molar-refractivity contribution in [3.63, 3.8) is 0 Å². The summed E-state index contributed by atoms with van der Waals surface area (Å²) < 4.78 is 0. The minimum Gasteiger partial charge on any atom is -0.369 e. The first-order chi connectivity index (χ1) is 4.68. The quantitative estimate of drug-likeness (QED) is 0.516. The van der Waals surface area contributed by atoms with Crippen molar-refractivity contribution in [1.29, 1.82) is 0 Å². The zero-order valence-corrected chi connectivity index (χ0v) is 6.39. The minimum absolute atomic E-state index is 0.264. The number of amides is 1. The highest BCUT2D eigenvalue weighted by molar-refractivity contribution is 5.75. The van der Waals surface area contributed by atoms with Crippen LogP contribution in [0, 0.1) is 0 Å². The Morgan fingerprint density at radius 1 is 1.70 bits per heavy atom. The Labute approximate surface area is 60.8 Å². The van der Waals surface area contributed by atoms with Crippen molar-refractivity contribution in [3.8, 4) is 0 Å². The van der Waals surface area contributed by atoms with Gasteiger partial charge >= 0.3 is 0 Å². The molecule has 0 spiro atoms. The van der Waals surface area contributed by atoms with Crippen LogP contribution in [0.2, 0.25) is 0 Å². The number of likely N-dealkylation sites (N-methyl/N-ethyl adjacent to an activating group) is 1. The maximum Gasteiger partial charge on any atom is 0.231 e. The van der Waals surface area contributed by atoms with E-state index in [0.717, 1.165) is 6.29 Å². The van der Waals surface area contributed by atoms with Crippen molar-refractivity contribution in [1.82, 2.24) is 5.32 Å². The fraction of sp³-hybridized carbons (Fsp3) is 0.667. The van der Waals surface area contributed by atoms with Gasteiger partial charge in [0.2, 0.25) is 5.91 Å². The molecule has 4 heteroatoms. The van der Waals surface area contributed by atoms with E-state index in [4.69, 9.17) is 5.73 Å². The fourth-order valence-electron chi connectivity index (χ4n) is 0.174. The molecule has 4 nitrogen and oxygen atoms in total. The van der Waals surface area contributed by atoms with Gasteiger partial charge < -0.3 is 15.8 Å². The van der Waals surface area contributed by atoms with Crippen LogP contribution in [0.5, 0.6) is 0 Å². The largest absolute Gasteiger partial charge is 0.369 e. The number of carbonyl (C=O) groups is 2. The maximum absolute atomic E-state index is 9.76. The average molecular weight is 146 g/mol. The first kappa shape index (κ1) is 11.8. The molecule has 0 saturated heterocycles. The topological polar surface area (TPSA) is 72.2 Å². The predicted octanol–water partition coefficient (Wildman–Crippen LogP) is -0.714. The Hall–Kier alpha value is -0.900. The molecule has 0 aromatic rings. The van der Waals surface area contributed by atoms with Gasteiger partial charge in [0.15, 0.2) is 0 Å². The van der Waals surface area contributed by atoms with E-state index in [9.17, 15) is 9.59 Å². The molecule has 3 N–H and O–H groups in total. The van der Waals surface area contributed by atoms with Gasteiger partial charge in [-0.2, -0.15) is 0 Å². The number of rotatable bonds is 3. The van der Waals surface area contributed by atoms with Crippen molar-refractivity contribution in [2.75, 3.05) is 13.6 Å². The Kier molecular flexibility index (Phi) is 13.0. The second kappa shape index (κ2) is 11.0. The number of primary amides is 1. The molecule has 0 aliphatic carbocycles. The molecule has 1 amide bonds. The molecular formula is C6H14N2O2. The van der Waals surface area contributed by atoms with Crippen LogP contribution in [0.3, 0.4) is 0 Å². The first-order valence-corrected chi connectivity index (χ1v) is 3.05. The van der Waals surface area contributed by atoms with Crippen LogP contribution in [0.25, 0.3) is 0 Å². The standard InChI is InChI=1S/C3H8N2O.C3H6O/c1-5-2-3(4)6;1-2-3-4/h5H,2H2,1H3,(H2,4,6);3H,2H2,1H3. The Bertz CT molecular complexity index is 93.7. The van der Waals surface area contributed by atoms with Gasteiger partial charge in [0.1, 0.15) is 6.29 Å². The second-order valence-electron chi connectivity index (χ2n) is 1.57. The summed E-state index contributed by atoms with van der Waals surface area (Å²) in [6.07, 6.45) is 1.51. The van der Waals surface area contributed by atoms with Crippen molar-refractivity contribution in [3.05, 3.63) is 0 Å². The molecule has 0 unspecified atom stereocenters. The van der Waals surface area contributed by atoms with E-state index in [1.807, 2.05) is 6.92 Å². The number of hydrogen-bond acceptors (Lipinski definition) is 3. The molecule has 0 aromatic carbocycles. The molecule has 10 heavy (non-hydrogen) atoms. The van der Waals surface area contributed by atoms with Crippen molar-refractivity contribution in [2.24, 2.45) is 5.73 Å². The van der Waals surface area contributed by atoms with Gasteiger partial charge in [-0.05, 0) is 7.05 Å². The monoisotopic (exact) mass is 146 g/mol. The maximum atomic E-state index is 9.76. The lowest BCUT2D eigenvalue weighted by molar-refractivity contribution is -0.117. The average Bonchev–Trinajstić information content (AvgIpc) is 1.89. The number of hydrogen-bond donors (Lipinski definition) is 2. The van der Waals surface area contributed by atoms with Crippen LogP contribution in [0.4, 0.5) is 0 Å². The van der Waals surface area contributed by atoms with Gasteiger partial charge in [0, 0.05) is 6.42 Å². The molecule has 0 saturated carbocycles. The lowest BCUT2D eigenvalue weighted by Crippen LogP contribution is -2.25. The van der Waals surface area contributed by atoms with Crippen LogP contribution >= 0.6 is 0 Å². The Balaban J connectivity index is 0. The summed E-state index contributed by atoms with van der Waals surface area (Å²) in [5.74, 6) is -0.322. The van der Waals surface area contributed by atoms with E-state index >= 15 is 0 Å². The van der Waals surface area contributed by atoms with Crippen molar-refractivity contribution in [2.45, 2.75) is 13.3 Å². The first-order valence-electron chi connectivity index (χ1n) is 3.05. The molecule has 0 aliphatic heterocycles. The van der Waals surface area contributed by atoms with Gasteiger partial charge in [-0.3, -0.25) is 4.79 Å². The molecule has 0 bridgehead atoms. The van der Waals surface area contributed by atoms with Gasteiger partial charge in [0.25, 0.3) is 0 Å². The normalized spacial score (nSPS) is 7.40. The highest BCUT2D eigenvalue weighted by atomic mass is 16.1. The van der Waals surface area contributed by atoms with E-state index in [0.29, 0.717) is 6.42 Å². The Morgan fingerprint density at radius 3 is 2.10 bits per heavy atom. The molecule has 60 valence electrons. The summed E-state index contributed by atoms with van der Waals surface area (Å²) in [6.45, 7) is 2.08. The third-order valence-electron chi connectivity index (χ3n) is 0.518. The third kappa shape index (κ3) is 27.5. The molecule has 0 aromatic heterocycles. The van der Waals surface area contributed by atoms with E-state index < -0.39 is 0 Å². The molecule has 0 radical (unpaired) electrons. The zero-order chi connectivity index (χ0) is 8.41. The summed E-state index contributed by atoms with van der Waals surface area (Å²) >= 11 is 0. The highest BCUT2D eigenvalue weighted by Crippen LogP contribution is 1.53. The van der Waals surface area contributed by atoms with Gasteiger partial charge in [-0.1, -0.05) is 6.92 Å². The Morgan fingerprint density at radius 2 is 2.10 bits per heavy atom. The van der Waals surface area contributed by atoms with Gasteiger partial charge in [0.05, 0.1) is 6.54 Å². The SMILES string of the molecule is CCC=O.CNCC(N)=O. The smallest absolute Gasteiger partial charge is 0.231 e. The van der Waals surface area contributed by atoms with Gasteiger partial charge in [-0.15, -0.1) is 0 Å².